The van der Waals surface area contributed by atoms with Crippen LogP contribution in [0.5, 0.6) is 11.5 Å². The number of hydrogen-bond donors (Lipinski definition) is 4. The second-order valence-corrected chi connectivity index (χ2v) is 9.71. The zero-order valence-corrected chi connectivity index (χ0v) is 20.4. The number of amides is 2. The lowest BCUT2D eigenvalue weighted by atomic mass is 9.76. The van der Waals surface area contributed by atoms with Gasteiger partial charge < -0.3 is 19.9 Å². The summed E-state index contributed by atoms with van der Waals surface area (Å²) in [4.78, 5) is 45.3. The van der Waals surface area contributed by atoms with Gasteiger partial charge in [0.2, 0.25) is 11.8 Å². The van der Waals surface area contributed by atoms with Gasteiger partial charge in [-0.25, -0.2) is 4.90 Å². The predicted octanol–water partition coefficient (Wildman–Crippen LogP) is 3.40. The van der Waals surface area contributed by atoms with Gasteiger partial charge in [0.1, 0.15) is 17.0 Å². The number of H-pyrrole nitrogens is 1. The first-order chi connectivity index (χ1) is 18.4. The van der Waals surface area contributed by atoms with Crippen LogP contribution in [0.25, 0.3) is 10.9 Å². The van der Waals surface area contributed by atoms with E-state index in [4.69, 9.17) is 4.74 Å². The van der Waals surface area contributed by atoms with Crippen molar-refractivity contribution in [3.05, 3.63) is 90.1 Å². The highest BCUT2D eigenvalue weighted by atomic mass is 16.5. The van der Waals surface area contributed by atoms with Crippen LogP contribution in [-0.2, 0) is 20.8 Å². The molecule has 2 aliphatic heterocycles. The number of carboxylic acids is 1. The van der Waals surface area contributed by atoms with Gasteiger partial charge in [-0.1, -0.05) is 36.4 Å². The van der Waals surface area contributed by atoms with Crippen LogP contribution >= 0.6 is 0 Å². The summed E-state index contributed by atoms with van der Waals surface area (Å²) >= 11 is 0. The Hall–Kier alpha value is -4.63. The number of aromatic nitrogens is 1. The Labute approximate surface area is 217 Å². The van der Waals surface area contributed by atoms with Crippen LogP contribution < -0.4 is 15.0 Å². The predicted molar refractivity (Wildman–Crippen MR) is 139 cm³/mol. The Kier molecular flexibility index (Phi) is 5.46. The molecule has 2 fully saturated rings. The summed E-state index contributed by atoms with van der Waals surface area (Å²) in [5.41, 5.74) is 0.426. The smallest absolute Gasteiger partial charge is 0.325 e. The fourth-order valence-corrected chi connectivity index (χ4v) is 6.02. The van der Waals surface area contributed by atoms with E-state index in [0.717, 1.165) is 15.8 Å². The molecule has 2 aliphatic rings. The van der Waals surface area contributed by atoms with Crippen LogP contribution in [-0.4, -0.2) is 45.6 Å². The third-order valence-corrected chi connectivity index (χ3v) is 7.78. The number of carbonyl (C=O) groups excluding carboxylic acids is 2. The van der Waals surface area contributed by atoms with Gasteiger partial charge >= 0.3 is 5.97 Å². The van der Waals surface area contributed by atoms with Crippen LogP contribution in [0.2, 0.25) is 0 Å². The van der Waals surface area contributed by atoms with Crippen LogP contribution in [0.4, 0.5) is 5.69 Å². The zero-order valence-electron chi connectivity index (χ0n) is 20.4. The Morgan fingerprint density at radius 2 is 1.71 bits per heavy atom. The first-order valence-electron chi connectivity index (χ1n) is 12.2. The largest absolute Gasteiger partial charge is 0.508 e. The van der Waals surface area contributed by atoms with Gasteiger partial charge in [0, 0.05) is 35.1 Å². The summed E-state index contributed by atoms with van der Waals surface area (Å²) < 4.78 is 5.20. The molecule has 0 spiro atoms. The van der Waals surface area contributed by atoms with Crippen molar-refractivity contribution in [1.29, 1.82) is 0 Å². The van der Waals surface area contributed by atoms with E-state index in [-0.39, 0.29) is 12.2 Å². The van der Waals surface area contributed by atoms with E-state index < -0.39 is 41.2 Å². The maximum Gasteiger partial charge on any atom is 0.325 e. The van der Waals surface area contributed by atoms with Gasteiger partial charge in [0.15, 0.2) is 0 Å². The summed E-state index contributed by atoms with van der Waals surface area (Å²) in [7, 11) is 1.51. The molecule has 4 aromatic rings. The number of anilines is 1. The van der Waals surface area contributed by atoms with Gasteiger partial charge in [0.05, 0.1) is 24.6 Å². The standard InChI is InChI=1S/C29H25N3O6/c1-38-18-12-10-17(11-13-18)32-26(34)23-24(27(32)35)29(28(36)37,31-25(23)20-7-3-5-9-22(20)33)14-16-15-30-21-8-4-2-6-19(16)21/h2-13,15,23-25,30-31,33H,14H2,1H3,(H,36,37)/t23-,24+,25+,29-/m0/s1. The minimum atomic E-state index is -1.81. The molecule has 1 aromatic heterocycles. The maximum atomic E-state index is 14.0. The number of phenols is 1. The average Bonchev–Trinajstić information content (AvgIpc) is 3.57. The first-order valence-corrected chi connectivity index (χ1v) is 12.2. The van der Waals surface area contributed by atoms with E-state index in [0.29, 0.717) is 22.6 Å². The Balaban J connectivity index is 1.51. The number of phenolic OH excluding ortho intramolecular Hbond substituents is 1. The molecule has 0 bridgehead atoms. The van der Waals surface area contributed by atoms with Gasteiger partial charge in [-0.15, -0.1) is 0 Å². The van der Waals surface area contributed by atoms with Crippen LogP contribution in [0, 0.1) is 11.8 Å². The number of aromatic amines is 1. The number of para-hydroxylation sites is 2. The summed E-state index contributed by atoms with van der Waals surface area (Å²) in [5, 5.41) is 25.4. The molecule has 2 amide bonds. The SMILES string of the molecule is COc1ccc(N2C(=O)[C@@H]3[C@@H](c4ccccc4O)N[C@](Cc4c[nH]c5ccccc45)(C(=O)O)[C@H]3C2=O)cc1. The molecule has 4 N–H and O–H groups in total. The molecule has 0 unspecified atom stereocenters. The number of nitrogens with one attached hydrogen (secondary N) is 2. The van der Waals surface area contributed by atoms with E-state index in [1.54, 1.807) is 48.7 Å². The Morgan fingerprint density at radius 3 is 2.42 bits per heavy atom. The number of hydrogen-bond acceptors (Lipinski definition) is 6. The number of carbonyl (C=O) groups is 3. The molecule has 0 radical (unpaired) electrons. The van der Waals surface area contributed by atoms with E-state index in [1.165, 1.54) is 13.2 Å². The number of carboxylic acid groups (broad SMARTS) is 1. The number of methoxy groups -OCH3 is 1. The van der Waals surface area contributed by atoms with Crippen molar-refractivity contribution < 1.29 is 29.3 Å². The lowest BCUT2D eigenvalue weighted by molar-refractivity contribution is -0.148. The van der Waals surface area contributed by atoms with Crippen molar-refractivity contribution in [3.63, 3.8) is 0 Å². The maximum absolute atomic E-state index is 14.0. The highest BCUT2D eigenvalue weighted by Crippen LogP contribution is 2.52. The van der Waals surface area contributed by atoms with Crippen molar-refractivity contribution >= 4 is 34.4 Å². The van der Waals surface area contributed by atoms with Crippen molar-refractivity contribution in [1.82, 2.24) is 10.3 Å². The fourth-order valence-electron chi connectivity index (χ4n) is 6.02. The lowest BCUT2D eigenvalue weighted by Crippen LogP contribution is -2.57. The Morgan fingerprint density at radius 1 is 1.00 bits per heavy atom. The topological polar surface area (TPSA) is 132 Å². The molecular formula is C29H25N3O6. The van der Waals surface area contributed by atoms with Crippen molar-refractivity contribution in [2.45, 2.75) is 18.0 Å². The highest BCUT2D eigenvalue weighted by molar-refractivity contribution is 6.24. The molecule has 0 saturated carbocycles. The van der Waals surface area contributed by atoms with Crippen molar-refractivity contribution in [2.75, 3.05) is 12.0 Å². The molecule has 3 heterocycles. The highest BCUT2D eigenvalue weighted by Gasteiger charge is 2.69. The monoisotopic (exact) mass is 511 g/mol. The number of fused-ring (bicyclic) bond motifs is 2. The second-order valence-electron chi connectivity index (χ2n) is 9.71. The van der Waals surface area contributed by atoms with E-state index in [1.807, 2.05) is 24.3 Å². The third kappa shape index (κ3) is 3.39. The number of nitrogens with zero attached hydrogens (tertiary/aromatic N) is 1. The normalized spacial score (nSPS) is 24.7. The second kappa shape index (κ2) is 8.74. The summed E-state index contributed by atoms with van der Waals surface area (Å²) in [6.07, 6.45) is 1.69. The molecule has 38 heavy (non-hydrogen) atoms. The molecule has 3 aromatic carbocycles. The number of aliphatic carboxylic acids is 1. The zero-order chi connectivity index (χ0) is 26.6. The molecule has 2 saturated heterocycles. The van der Waals surface area contributed by atoms with Gasteiger partial charge in [-0.05, 0) is 42.0 Å². The number of ether oxygens (including phenoxy) is 1. The molecule has 4 atom stereocenters. The molecule has 192 valence electrons. The summed E-state index contributed by atoms with van der Waals surface area (Å²) in [6, 6.07) is 19.5. The van der Waals surface area contributed by atoms with Crippen LogP contribution in [0.1, 0.15) is 17.2 Å². The van der Waals surface area contributed by atoms with Gasteiger partial charge in [0.25, 0.3) is 0 Å². The molecule has 9 nitrogen and oxygen atoms in total. The van der Waals surface area contributed by atoms with Gasteiger partial charge in [-0.2, -0.15) is 0 Å². The average molecular weight is 512 g/mol. The van der Waals surface area contributed by atoms with Crippen molar-refractivity contribution in [2.24, 2.45) is 11.8 Å². The minimum absolute atomic E-state index is 0.0485. The number of aromatic hydroxyl groups is 1. The third-order valence-electron chi connectivity index (χ3n) is 7.78. The van der Waals surface area contributed by atoms with Gasteiger partial charge in [-0.3, -0.25) is 19.7 Å². The fraction of sp³-hybridized carbons (Fsp3) is 0.207. The van der Waals surface area contributed by atoms with E-state index in [9.17, 15) is 24.6 Å². The van der Waals surface area contributed by atoms with Crippen molar-refractivity contribution in [3.8, 4) is 11.5 Å². The molecular weight excluding hydrogens is 486 g/mol. The van der Waals surface area contributed by atoms with Crippen LogP contribution in [0.15, 0.2) is 79.0 Å². The summed E-state index contributed by atoms with van der Waals surface area (Å²) in [6.45, 7) is 0. The molecule has 0 aliphatic carbocycles. The number of benzene rings is 3. The lowest BCUT2D eigenvalue weighted by Gasteiger charge is -2.31. The van der Waals surface area contributed by atoms with E-state index in [2.05, 4.69) is 10.3 Å². The quantitative estimate of drug-likeness (QED) is 0.292. The Bertz CT molecular complexity index is 1580. The first kappa shape index (κ1) is 23.7. The number of rotatable bonds is 6. The molecule has 9 heteroatoms. The van der Waals surface area contributed by atoms with Crippen LogP contribution in [0.3, 0.4) is 0 Å². The van der Waals surface area contributed by atoms with E-state index >= 15 is 0 Å². The summed E-state index contributed by atoms with van der Waals surface area (Å²) in [5.74, 6) is -4.15. The molecule has 6 rings (SSSR count). The number of imide groups is 1. The minimum Gasteiger partial charge on any atom is -0.508 e.